The Hall–Kier alpha value is -2.62. The first kappa shape index (κ1) is 12.8. The number of carboxylic acid groups (broad SMARTS) is 2. The van der Waals surface area contributed by atoms with Crippen molar-refractivity contribution < 1.29 is 19.8 Å². The van der Waals surface area contributed by atoms with Crippen molar-refractivity contribution in [2.45, 2.75) is 6.92 Å². The standard InChI is InChI=1S/C15H12O4/c1-9-5-2-3-6-10(9)11-7-4-8-12(14(16)17)13(11)15(18)19/h2-8H,1H3,(H,16,17)(H,18,19). The Labute approximate surface area is 109 Å². The Morgan fingerprint density at radius 2 is 1.47 bits per heavy atom. The zero-order valence-electron chi connectivity index (χ0n) is 10.3. The molecule has 4 nitrogen and oxygen atoms in total. The number of aromatic carboxylic acids is 2. The quantitative estimate of drug-likeness (QED) is 0.885. The Morgan fingerprint density at radius 1 is 0.842 bits per heavy atom. The summed E-state index contributed by atoms with van der Waals surface area (Å²) in [7, 11) is 0. The van der Waals surface area contributed by atoms with Crippen LogP contribution >= 0.6 is 0 Å². The second-order valence-electron chi connectivity index (χ2n) is 4.15. The molecule has 0 heterocycles. The van der Waals surface area contributed by atoms with Crippen molar-refractivity contribution in [1.29, 1.82) is 0 Å². The first-order chi connectivity index (χ1) is 9.02. The second kappa shape index (κ2) is 4.94. The molecule has 2 aromatic carbocycles. The van der Waals surface area contributed by atoms with Crippen molar-refractivity contribution in [3.8, 4) is 11.1 Å². The van der Waals surface area contributed by atoms with Gasteiger partial charge < -0.3 is 10.2 Å². The highest BCUT2D eigenvalue weighted by molar-refractivity contribution is 6.06. The van der Waals surface area contributed by atoms with E-state index < -0.39 is 11.9 Å². The first-order valence-electron chi connectivity index (χ1n) is 5.68. The Balaban J connectivity index is 2.78. The molecule has 0 saturated heterocycles. The average Bonchev–Trinajstić information content (AvgIpc) is 2.38. The summed E-state index contributed by atoms with van der Waals surface area (Å²) in [5.74, 6) is -2.48. The van der Waals surface area contributed by atoms with Gasteiger partial charge in [-0.15, -0.1) is 0 Å². The molecular weight excluding hydrogens is 244 g/mol. The summed E-state index contributed by atoms with van der Waals surface area (Å²) in [6.07, 6.45) is 0. The van der Waals surface area contributed by atoms with E-state index in [1.54, 1.807) is 24.3 Å². The number of hydrogen-bond donors (Lipinski definition) is 2. The van der Waals surface area contributed by atoms with Crippen LogP contribution in [0.25, 0.3) is 11.1 Å². The number of hydrogen-bond acceptors (Lipinski definition) is 2. The van der Waals surface area contributed by atoms with Crippen molar-refractivity contribution in [2.24, 2.45) is 0 Å². The minimum absolute atomic E-state index is 0.177. The van der Waals surface area contributed by atoms with Crippen LogP contribution in [0.4, 0.5) is 0 Å². The molecule has 0 unspecified atom stereocenters. The molecule has 2 rings (SSSR count). The lowest BCUT2D eigenvalue weighted by molar-refractivity contribution is 0.0652. The minimum atomic E-state index is -1.24. The molecule has 0 bridgehead atoms. The van der Waals surface area contributed by atoms with Gasteiger partial charge in [-0.05, 0) is 29.7 Å². The molecule has 2 N–H and O–H groups in total. The van der Waals surface area contributed by atoms with E-state index in [9.17, 15) is 14.7 Å². The van der Waals surface area contributed by atoms with Crippen LogP contribution in [0, 0.1) is 6.92 Å². The molecule has 0 spiro atoms. The van der Waals surface area contributed by atoms with Gasteiger partial charge in [-0.25, -0.2) is 9.59 Å². The Bertz CT molecular complexity index is 659. The molecule has 0 aromatic heterocycles. The maximum atomic E-state index is 11.4. The van der Waals surface area contributed by atoms with Gasteiger partial charge in [0.2, 0.25) is 0 Å². The molecule has 0 aliphatic rings. The topological polar surface area (TPSA) is 74.6 Å². The monoisotopic (exact) mass is 256 g/mol. The van der Waals surface area contributed by atoms with Crippen molar-refractivity contribution in [1.82, 2.24) is 0 Å². The van der Waals surface area contributed by atoms with E-state index in [0.717, 1.165) is 11.1 Å². The second-order valence-corrected chi connectivity index (χ2v) is 4.15. The molecule has 0 saturated carbocycles. The smallest absolute Gasteiger partial charge is 0.337 e. The zero-order valence-corrected chi connectivity index (χ0v) is 10.3. The van der Waals surface area contributed by atoms with E-state index >= 15 is 0 Å². The summed E-state index contributed by atoms with van der Waals surface area (Å²) in [5, 5.41) is 18.4. The largest absolute Gasteiger partial charge is 0.478 e. The number of carboxylic acids is 2. The third-order valence-corrected chi connectivity index (χ3v) is 2.94. The molecule has 0 fully saturated rings. The highest BCUT2D eigenvalue weighted by atomic mass is 16.4. The molecule has 96 valence electrons. The molecule has 2 aromatic rings. The van der Waals surface area contributed by atoms with Crippen molar-refractivity contribution in [3.63, 3.8) is 0 Å². The molecule has 0 amide bonds. The van der Waals surface area contributed by atoms with Crippen LogP contribution in [0.2, 0.25) is 0 Å². The van der Waals surface area contributed by atoms with Crippen LogP contribution < -0.4 is 0 Å². The average molecular weight is 256 g/mol. The van der Waals surface area contributed by atoms with Crippen molar-refractivity contribution >= 4 is 11.9 Å². The van der Waals surface area contributed by atoms with Gasteiger partial charge in [0.15, 0.2) is 0 Å². The molecular formula is C15H12O4. The maximum absolute atomic E-state index is 11.4. The van der Waals surface area contributed by atoms with Crippen LogP contribution in [0.1, 0.15) is 26.3 Å². The van der Waals surface area contributed by atoms with Gasteiger partial charge in [0.1, 0.15) is 0 Å². The van der Waals surface area contributed by atoms with E-state index in [1.165, 1.54) is 6.07 Å². The summed E-state index contributed by atoms with van der Waals surface area (Å²) in [4.78, 5) is 22.5. The molecule has 0 atom stereocenters. The highest BCUT2D eigenvalue weighted by Gasteiger charge is 2.21. The summed E-state index contributed by atoms with van der Waals surface area (Å²) in [6, 6.07) is 11.8. The Kier molecular flexibility index (Phi) is 3.33. The summed E-state index contributed by atoms with van der Waals surface area (Å²) < 4.78 is 0. The van der Waals surface area contributed by atoms with Gasteiger partial charge >= 0.3 is 11.9 Å². The van der Waals surface area contributed by atoms with Crippen LogP contribution in [-0.4, -0.2) is 22.2 Å². The minimum Gasteiger partial charge on any atom is -0.478 e. The molecule has 0 radical (unpaired) electrons. The SMILES string of the molecule is Cc1ccccc1-c1cccc(C(=O)O)c1C(=O)O. The number of benzene rings is 2. The molecule has 19 heavy (non-hydrogen) atoms. The number of rotatable bonds is 3. The first-order valence-corrected chi connectivity index (χ1v) is 5.68. The highest BCUT2D eigenvalue weighted by Crippen LogP contribution is 2.29. The number of aryl methyl sites for hydroxylation is 1. The Morgan fingerprint density at radius 3 is 2.05 bits per heavy atom. The van der Waals surface area contributed by atoms with Gasteiger partial charge in [-0.1, -0.05) is 36.4 Å². The van der Waals surface area contributed by atoms with E-state index in [4.69, 9.17) is 5.11 Å². The predicted molar refractivity (Wildman–Crippen MR) is 70.5 cm³/mol. The molecule has 0 aliphatic heterocycles. The van der Waals surface area contributed by atoms with E-state index in [-0.39, 0.29) is 11.1 Å². The predicted octanol–water partition coefficient (Wildman–Crippen LogP) is 3.06. The summed E-state index contributed by atoms with van der Waals surface area (Å²) in [5.41, 5.74) is 1.67. The third kappa shape index (κ3) is 2.33. The van der Waals surface area contributed by atoms with Crippen molar-refractivity contribution in [2.75, 3.05) is 0 Å². The lowest BCUT2D eigenvalue weighted by Crippen LogP contribution is -2.10. The zero-order chi connectivity index (χ0) is 14.0. The van der Waals surface area contributed by atoms with Gasteiger partial charge in [-0.2, -0.15) is 0 Å². The fourth-order valence-corrected chi connectivity index (χ4v) is 2.06. The van der Waals surface area contributed by atoms with Gasteiger partial charge in [0.25, 0.3) is 0 Å². The van der Waals surface area contributed by atoms with E-state index in [0.29, 0.717) is 5.56 Å². The van der Waals surface area contributed by atoms with Crippen LogP contribution in [0.5, 0.6) is 0 Å². The third-order valence-electron chi connectivity index (χ3n) is 2.94. The van der Waals surface area contributed by atoms with Crippen LogP contribution in [0.15, 0.2) is 42.5 Å². The summed E-state index contributed by atoms with van der Waals surface area (Å²) >= 11 is 0. The fourth-order valence-electron chi connectivity index (χ4n) is 2.06. The molecule has 0 aliphatic carbocycles. The lowest BCUT2D eigenvalue weighted by atomic mass is 9.93. The van der Waals surface area contributed by atoms with Crippen LogP contribution in [0.3, 0.4) is 0 Å². The van der Waals surface area contributed by atoms with Gasteiger partial charge in [0, 0.05) is 0 Å². The van der Waals surface area contributed by atoms with E-state index in [2.05, 4.69) is 0 Å². The maximum Gasteiger partial charge on any atom is 0.337 e. The van der Waals surface area contributed by atoms with Gasteiger partial charge in [-0.3, -0.25) is 0 Å². The lowest BCUT2D eigenvalue weighted by Gasteiger charge is -2.11. The van der Waals surface area contributed by atoms with Crippen molar-refractivity contribution in [3.05, 3.63) is 59.2 Å². The fraction of sp³-hybridized carbons (Fsp3) is 0.0667. The number of carbonyl (C=O) groups is 2. The van der Waals surface area contributed by atoms with Gasteiger partial charge in [0.05, 0.1) is 11.1 Å². The summed E-state index contributed by atoms with van der Waals surface area (Å²) in [6.45, 7) is 1.86. The van der Waals surface area contributed by atoms with E-state index in [1.807, 2.05) is 19.1 Å². The molecule has 4 heteroatoms. The normalized spacial score (nSPS) is 10.2. The van der Waals surface area contributed by atoms with Crippen LogP contribution in [-0.2, 0) is 0 Å².